The Kier molecular flexibility index (Phi) is 4.80. The van der Waals surface area contributed by atoms with Gasteiger partial charge in [0.05, 0.1) is 5.69 Å². The van der Waals surface area contributed by atoms with Gasteiger partial charge < -0.3 is 9.88 Å². The molecule has 3 aromatic rings. The predicted molar refractivity (Wildman–Crippen MR) is 103 cm³/mol. The number of hydrogen-bond acceptors (Lipinski definition) is 2. The largest absolute Gasteiger partial charge is 0.356 e. The van der Waals surface area contributed by atoms with Crippen LogP contribution in [0, 0.1) is 6.92 Å². The van der Waals surface area contributed by atoms with E-state index in [2.05, 4.69) is 47.9 Å². The molecule has 0 spiro atoms. The van der Waals surface area contributed by atoms with E-state index < -0.39 is 0 Å². The molecule has 1 aromatic heterocycles. The minimum Gasteiger partial charge on any atom is -0.356 e. The van der Waals surface area contributed by atoms with Gasteiger partial charge in [-0.1, -0.05) is 18.2 Å². The lowest BCUT2D eigenvalue weighted by molar-refractivity contribution is 0.589. The summed E-state index contributed by atoms with van der Waals surface area (Å²) in [6, 6.07) is 20.9. The molecular formula is C21H23N3. The van der Waals surface area contributed by atoms with E-state index in [9.17, 15) is 0 Å². The van der Waals surface area contributed by atoms with Gasteiger partial charge in [-0.15, -0.1) is 0 Å². The molecule has 3 nitrogen and oxygen atoms in total. The Morgan fingerprint density at radius 3 is 2.25 bits per heavy atom. The van der Waals surface area contributed by atoms with E-state index in [-0.39, 0.29) is 0 Å². The fourth-order valence-electron chi connectivity index (χ4n) is 2.71. The van der Waals surface area contributed by atoms with Crippen molar-refractivity contribution in [1.29, 1.82) is 0 Å². The molecule has 1 N–H and O–H groups in total. The number of benzene rings is 2. The summed E-state index contributed by atoms with van der Waals surface area (Å²) in [6.45, 7) is 6.50. The van der Waals surface area contributed by atoms with Crippen LogP contribution in [0.4, 0.5) is 17.1 Å². The Bertz CT molecular complexity index is 812. The van der Waals surface area contributed by atoms with Gasteiger partial charge in [-0.2, -0.15) is 0 Å². The number of rotatable bonds is 5. The maximum absolute atomic E-state index is 4.57. The number of aliphatic imine (C=N–C) groups is 1. The molecule has 2 aromatic carbocycles. The summed E-state index contributed by atoms with van der Waals surface area (Å²) in [4.78, 5) is 4.57. The highest BCUT2D eigenvalue weighted by Gasteiger charge is 2.03. The number of para-hydroxylation sites is 1. The summed E-state index contributed by atoms with van der Waals surface area (Å²) < 4.78 is 2.26. The SMILES string of the molecule is Cc1cc(C=Nc2ccc(Nc3ccccc3)cc2)cn1C(C)C. The quantitative estimate of drug-likeness (QED) is 0.586. The zero-order valence-electron chi connectivity index (χ0n) is 14.4. The fourth-order valence-corrected chi connectivity index (χ4v) is 2.71. The molecule has 0 saturated heterocycles. The number of aromatic nitrogens is 1. The van der Waals surface area contributed by atoms with Crippen LogP contribution in [0.15, 0.2) is 71.9 Å². The van der Waals surface area contributed by atoms with Gasteiger partial charge in [0.1, 0.15) is 0 Å². The molecule has 0 aliphatic rings. The highest BCUT2D eigenvalue weighted by molar-refractivity contribution is 5.82. The summed E-state index contributed by atoms with van der Waals surface area (Å²) in [5.74, 6) is 0. The van der Waals surface area contributed by atoms with Crippen molar-refractivity contribution in [2.45, 2.75) is 26.8 Å². The van der Waals surface area contributed by atoms with Crippen LogP contribution in [0.3, 0.4) is 0 Å². The summed E-state index contributed by atoms with van der Waals surface area (Å²) in [5, 5.41) is 3.37. The van der Waals surface area contributed by atoms with Crippen molar-refractivity contribution in [2.24, 2.45) is 4.99 Å². The maximum Gasteiger partial charge on any atom is 0.0631 e. The highest BCUT2D eigenvalue weighted by atomic mass is 15.0. The molecule has 3 heteroatoms. The van der Waals surface area contributed by atoms with Crippen molar-refractivity contribution in [3.63, 3.8) is 0 Å². The van der Waals surface area contributed by atoms with Gasteiger partial charge in [-0.3, -0.25) is 4.99 Å². The number of hydrogen-bond donors (Lipinski definition) is 1. The third-order valence-electron chi connectivity index (χ3n) is 3.92. The first-order valence-electron chi connectivity index (χ1n) is 8.26. The summed E-state index contributed by atoms with van der Waals surface area (Å²) in [5.41, 5.74) is 5.48. The Hall–Kier alpha value is -2.81. The van der Waals surface area contributed by atoms with Crippen molar-refractivity contribution in [1.82, 2.24) is 4.57 Å². The second-order valence-electron chi connectivity index (χ2n) is 6.21. The predicted octanol–water partition coefficient (Wildman–Crippen LogP) is 5.87. The molecule has 24 heavy (non-hydrogen) atoms. The minimum atomic E-state index is 0.468. The van der Waals surface area contributed by atoms with Crippen LogP contribution in [-0.4, -0.2) is 10.8 Å². The lowest BCUT2D eigenvalue weighted by Crippen LogP contribution is -2.00. The lowest BCUT2D eigenvalue weighted by Gasteiger charge is -2.08. The molecule has 0 aliphatic heterocycles. The zero-order valence-corrected chi connectivity index (χ0v) is 14.4. The Labute approximate surface area is 143 Å². The molecule has 0 atom stereocenters. The van der Waals surface area contributed by atoms with Gasteiger partial charge in [0.2, 0.25) is 0 Å². The van der Waals surface area contributed by atoms with E-state index in [0.717, 1.165) is 22.6 Å². The first-order valence-corrected chi connectivity index (χ1v) is 8.26. The number of anilines is 2. The molecule has 0 amide bonds. The molecule has 0 unspecified atom stereocenters. The monoisotopic (exact) mass is 317 g/mol. The summed E-state index contributed by atoms with van der Waals surface area (Å²) in [6.07, 6.45) is 4.07. The number of nitrogens with one attached hydrogen (secondary N) is 1. The molecule has 0 saturated carbocycles. The smallest absolute Gasteiger partial charge is 0.0631 e. The van der Waals surface area contributed by atoms with Gasteiger partial charge >= 0.3 is 0 Å². The summed E-state index contributed by atoms with van der Waals surface area (Å²) in [7, 11) is 0. The molecule has 3 rings (SSSR count). The second kappa shape index (κ2) is 7.18. The maximum atomic E-state index is 4.57. The van der Waals surface area contributed by atoms with Crippen molar-refractivity contribution in [2.75, 3.05) is 5.32 Å². The first kappa shape index (κ1) is 16.1. The normalized spacial score (nSPS) is 11.3. The van der Waals surface area contributed by atoms with Gasteiger partial charge in [-0.05, 0) is 63.2 Å². The number of aryl methyl sites for hydroxylation is 1. The Morgan fingerprint density at radius 2 is 1.62 bits per heavy atom. The zero-order chi connectivity index (χ0) is 16.9. The van der Waals surface area contributed by atoms with Crippen LogP contribution in [0.5, 0.6) is 0 Å². The van der Waals surface area contributed by atoms with Crippen molar-refractivity contribution >= 4 is 23.3 Å². The van der Waals surface area contributed by atoms with E-state index in [1.165, 1.54) is 5.69 Å². The molecule has 1 heterocycles. The minimum absolute atomic E-state index is 0.468. The van der Waals surface area contributed by atoms with E-state index in [1.54, 1.807) is 0 Å². The third-order valence-corrected chi connectivity index (χ3v) is 3.92. The van der Waals surface area contributed by atoms with E-state index in [1.807, 2.05) is 60.8 Å². The third kappa shape index (κ3) is 3.93. The first-order chi connectivity index (χ1) is 11.6. The van der Waals surface area contributed by atoms with Gasteiger partial charge in [0.15, 0.2) is 0 Å². The van der Waals surface area contributed by atoms with Crippen LogP contribution < -0.4 is 5.32 Å². The van der Waals surface area contributed by atoms with Crippen molar-refractivity contribution in [3.8, 4) is 0 Å². The average Bonchev–Trinajstić information content (AvgIpc) is 2.96. The lowest BCUT2D eigenvalue weighted by atomic mass is 10.2. The topological polar surface area (TPSA) is 29.3 Å². The van der Waals surface area contributed by atoms with E-state index in [0.29, 0.717) is 6.04 Å². The molecule has 0 bridgehead atoms. The Morgan fingerprint density at radius 1 is 0.958 bits per heavy atom. The van der Waals surface area contributed by atoms with Crippen molar-refractivity contribution < 1.29 is 0 Å². The van der Waals surface area contributed by atoms with Crippen LogP contribution in [0.25, 0.3) is 0 Å². The van der Waals surface area contributed by atoms with Gasteiger partial charge in [0.25, 0.3) is 0 Å². The summed E-state index contributed by atoms with van der Waals surface area (Å²) >= 11 is 0. The van der Waals surface area contributed by atoms with E-state index in [4.69, 9.17) is 0 Å². The van der Waals surface area contributed by atoms with Crippen LogP contribution >= 0.6 is 0 Å². The molecule has 122 valence electrons. The van der Waals surface area contributed by atoms with Crippen molar-refractivity contribution in [3.05, 3.63) is 78.1 Å². The van der Waals surface area contributed by atoms with Gasteiger partial charge in [-0.25, -0.2) is 0 Å². The molecule has 0 fully saturated rings. The van der Waals surface area contributed by atoms with Crippen LogP contribution in [0.1, 0.15) is 31.1 Å². The van der Waals surface area contributed by atoms with Crippen LogP contribution in [0.2, 0.25) is 0 Å². The molecule has 0 radical (unpaired) electrons. The molecular weight excluding hydrogens is 294 g/mol. The van der Waals surface area contributed by atoms with Crippen LogP contribution in [-0.2, 0) is 0 Å². The molecule has 0 aliphatic carbocycles. The van der Waals surface area contributed by atoms with Gasteiger partial charge in [0, 0.05) is 41.1 Å². The number of nitrogens with zero attached hydrogens (tertiary/aromatic N) is 2. The Balaban J connectivity index is 1.68. The highest BCUT2D eigenvalue weighted by Crippen LogP contribution is 2.20. The standard InChI is InChI=1S/C21H23N3/c1-16(2)24-15-18(13-17(24)3)14-22-19-9-11-21(12-10-19)23-20-7-5-4-6-8-20/h4-16,23H,1-3H3. The second-order valence-corrected chi connectivity index (χ2v) is 6.21. The van der Waals surface area contributed by atoms with E-state index >= 15 is 0 Å². The average molecular weight is 317 g/mol. The fraction of sp³-hybridized carbons (Fsp3) is 0.190.